The molecular formula is C7H12N2O. The van der Waals surface area contributed by atoms with Crippen LogP contribution in [0.5, 0.6) is 0 Å². The van der Waals surface area contributed by atoms with Crippen LogP contribution < -0.4 is 0 Å². The fraction of sp³-hybridized carbons (Fsp3) is 0.714. The van der Waals surface area contributed by atoms with Gasteiger partial charge in [-0.15, -0.1) is 0 Å². The average molecular weight is 140 g/mol. The molecule has 0 unspecified atom stereocenters. The Morgan fingerprint density at radius 2 is 2.20 bits per heavy atom. The molecule has 1 aliphatic heterocycles. The quantitative estimate of drug-likeness (QED) is 0.498. The molecule has 0 aromatic rings. The van der Waals surface area contributed by atoms with Gasteiger partial charge in [-0.05, 0) is 20.8 Å². The van der Waals surface area contributed by atoms with Crippen molar-refractivity contribution in [2.45, 2.75) is 26.4 Å². The molecule has 0 radical (unpaired) electrons. The molecule has 0 bridgehead atoms. The predicted octanol–water partition coefficient (Wildman–Crippen LogP) is 1.24. The van der Waals surface area contributed by atoms with Gasteiger partial charge in [0.05, 0.1) is 0 Å². The summed E-state index contributed by atoms with van der Waals surface area (Å²) in [5.74, 6) is 0.715. The molecule has 1 heterocycles. The first-order valence-corrected chi connectivity index (χ1v) is 3.32. The Balaban J connectivity index is 2.41. The fourth-order valence-corrected chi connectivity index (χ4v) is 0.677. The molecule has 0 aliphatic carbocycles. The van der Waals surface area contributed by atoms with Crippen molar-refractivity contribution in [1.29, 1.82) is 0 Å². The zero-order valence-electron chi connectivity index (χ0n) is 6.59. The van der Waals surface area contributed by atoms with E-state index in [2.05, 4.69) is 9.98 Å². The first kappa shape index (κ1) is 7.25. The Morgan fingerprint density at radius 1 is 1.50 bits per heavy atom. The maximum atomic E-state index is 5.42. The van der Waals surface area contributed by atoms with Crippen molar-refractivity contribution in [1.82, 2.24) is 0 Å². The first-order valence-electron chi connectivity index (χ1n) is 3.32. The molecule has 0 spiro atoms. The highest BCUT2D eigenvalue weighted by molar-refractivity contribution is 5.90. The van der Waals surface area contributed by atoms with E-state index in [0.717, 1.165) is 0 Å². The molecule has 3 nitrogen and oxygen atoms in total. The Labute approximate surface area is 60.8 Å². The third kappa shape index (κ3) is 2.17. The van der Waals surface area contributed by atoms with Gasteiger partial charge in [-0.25, -0.2) is 4.99 Å². The summed E-state index contributed by atoms with van der Waals surface area (Å²) >= 11 is 0. The lowest BCUT2D eigenvalue weighted by molar-refractivity contribution is 0.115. The van der Waals surface area contributed by atoms with Crippen LogP contribution >= 0.6 is 0 Å². The number of rotatable bonds is 0. The van der Waals surface area contributed by atoms with Crippen molar-refractivity contribution >= 4 is 12.2 Å². The molecule has 56 valence electrons. The SMILES string of the molecule is CC(C)(C)OC1=NC=NC1. The van der Waals surface area contributed by atoms with Gasteiger partial charge in [0.15, 0.2) is 0 Å². The summed E-state index contributed by atoms with van der Waals surface area (Å²) < 4.78 is 5.42. The average Bonchev–Trinajstić information content (AvgIpc) is 2.12. The van der Waals surface area contributed by atoms with Crippen LogP contribution in [0, 0.1) is 0 Å². The van der Waals surface area contributed by atoms with Crippen LogP contribution in [0.4, 0.5) is 0 Å². The second-order valence-corrected chi connectivity index (χ2v) is 3.19. The van der Waals surface area contributed by atoms with E-state index in [0.29, 0.717) is 12.4 Å². The highest BCUT2D eigenvalue weighted by Gasteiger charge is 2.15. The first-order chi connectivity index (χ1) is 4.58. The number of nitrogens with zero attached hydrogens (tertiary/aromatic N) is 2. The monoisotopic (exact) mass is 140 g/mol. The van der Waals surface area contributed by atoms with Crippen LogP contribution in [0.15, 0.2) is 9.98 Å². The van der Waals surface area contributed by atoms with Gasteiger partial charge in [0.25, 0.3) is 0 Å². The summed E-state index contributed by atoms with van der Waals surface area (Å²) in [4.78, 5) is 7.82. The summed E-state index contributed by atoms with van der Waals surface area (Å²) in [5, 5.41) is 0. The fourth-order valence-electron chi connectivity index (χ4n) is 0.677. The van der Waals surface area contributed by atoms with E-state index in [1.807, 2.05) is 20.8 Å². The molecule has 1 rings (SSSR count). The Kier molecular flexibility index (Phi) is 1.74. The van der Waals surface area contributed by atoms with Crippen molar-refractivity contribution in [3.8, 4) is 0 Å². The van der Waals surface area contributed by atoms with Crippen LogP contribution in [0.3, 0.4) is 0 Å². The van der Waals surface area contributed by atoms with Crippen molar-refractivity contribution in [2.24, 2.45) is 9.98 Å². The number of aliphatic imine (C=N–C) groups is 2. The molecule has 10 heavy (non-hydrogen) atoms. The molecule has 3 heteroatoms. The lowest BCUT2D eigenvalue weighted by Gasteiger charge is -2.19. The lowest BCUT2D eigenvalue weighted by atomic mass is 10.2. The third-order valence-corrected chi connectivity index (χ3v) is 0.934. The van der Waals surface area contributed by atoms with Crippen LogP contribution in [-0.2, 0) is 4.74 Å². The van der Waals surface area contributed by atoms with E-state index < -0.39 is 0 Å². The predicted molar refractivity (Wildman–Crippen MR) is 41.6 cm³/mol. The standard InChI is InChI=1S/C7H12N2O/c1-7(2,3)10-6-4-8-5-9-6/h5H,4H2,1-3H3. The molecule has 0 saturated heterocycles. The van der Waals surface area contributed by atoms with Crippen LogP contribution in [0.1, 0.15) is 20.8 Å². The van der Waals surface area contributed by atoms with Crippen molar-refractivity contribution in [3.63, 3.8) is 0 Å². The molecule has 0 N–H and O–H groups in total. The summed E-state index contributed by atoms with van der Waals surface area (Å²) in [6.45, 7) is 6.58. The zero-order valence-corrected chi connectivity index (χ0v) is 6.59. The number of hydrogen-bond acceptors (Lipinski definition) is 3. The lowest BCUT2D eigenvalue weighted by Crippen LogP contribution is -2.24. The van der Waals surface area contributed by atoms with Crippen LogP contribution in [-0.4, -0.2) is 24.4 Å². The van der Waals surface area contributed by atoms with Crippen LogP contribution in [0.25, 0.3) is 0 Å². The van der Waals surface area contributed by atoms with Crippen molar-refractivity contribution < 1.29 is 4.74 Å². The Morgan fingerprint density at radius 3 is 2.60 bits per heavy atom. The second-order valence-electron chi connectivity index (χ2n) is 3.19. The highest BCUT2D eigenvalue weighted by atomic mass is 16.5. The minimum absolute atomic E-state index is 0.146. The van der Waals surface area contributed by atoms with E-state index in [9.17, 15) is 0 Å². The van der Waals surface area contributed by atoms with E-state index in [4.69, 9.17) is 4.74 Å². The molecule has 0 amide bonds. The van der Waals surface area contributed by atoms with Crippen molar-refractivity contribution in [3.05, 3.63) is 0 Å². The summed E-state index contributed by atoms with van der Waals surface area (Å²) in [6.07, 6.45) is 1.53. The summed E-state index contributed by atoms with van der Waals surface area (Å²) in [7, 11) is 0. The molecule has 0 aromatic carbocycles. The Bertz CT molecular complexity index is 177. The van der Waals surface area contributed by atoms with Crippen molar-refractivity contribution in [2.75, 3.05) is 6.54 Å². The maximum absolute atomic E-state index is 5.42. The van der Waals surface area contributed by atoms with Gasteiger partial charge < -0.3 is 4.74 Å². The summed E-state index contributed by atoms with van der Waals surface area (Å²) in [5.41, 5.74) is -0.146. The minimum Gasteiger partial charge on any atom is -0.474 e. The van der Waals surface area contributed by atoms with E-state index in [-0.39, 0.29) is 5.60 Å². The Hall–Kier alpha value is -0.860. The minimum atomic E-state index is -0.146. The number of hydrogen-bond donors (Lipinski definition) is 0. The third-order valence-electron chi connectivity index (χ3n) is 0.934. The van der Waals surface area contributed by atoms with Gasteiger partial charge in [-0.1, -0.05) is 0 Å². The zero-order chi connectivity index (χ0) is 7.61. The van der Waals surface area contributed by atoms with Gasteiger partial charge in [-0.3, -0.25) is 4.99 Å². The molecule has 0 saturated carbocycles. The van der Waals surface area contributed by atoms with E-state index in [1.54, 1.807) is 0 Å². The smallest absolute Gasteiger partial charge is 0.212 e. The van der Waals surface area contributed by atoms with Gasteiger partial charge in [-0.2, -0.15) is 0 Å². The van der Waals surface area contributed by atoms with Gasteiger partial charge in [0, 0.05) is 0 Å². The molecule has 0 atom stereocenters. The van der Waals surface area contributed by atoms with Gasteiger partial charge in [0.1, 0.15) is 18.5 Å². The van der Waals surface area contributed by atoms with Gasteiger partial charge in [0.2, 0.25) is 5.90 Å². The highest BCUT2D eigenvalue weighted by Crippen LogP contribution is 2.08. The molecular weight excluding hydrogens is 128 g/mol. The molecule has 0 aromatic heterocycles. The summed E-state index contributed by atoms with van der Waals surface area (Å²) in [6, 6.07) is 0. The maximum Gasteiger partial charge on any atom is 0.212 e. The topological polar surface area (TPSA) is 34.0 Å². The van der Waals surface area contributed by atoms with E-state index >= 15 is 0 Å². The van der Waals surface area contributed by atoms with Crippen LogP contribution in [0.2, 0.25) is 0 Å². The van der Waals surface area contributed by atoms with E-state index in [1.165, 1.54) is 6.34 Å². The molecule has 1 aliphatic rings. The largest absolute Gasteiger partial charge is 0.474 e. The second kappa shape index (κ2) is 2.40. The van der Waals surface area contributed by atoms with Gasteiger partial charge >= 0.3 is 0 Å². The molecule has 0 fully saturated rings. The number of ether oxygens (including phenoxy) is 1. The normalized spacial score (nSPS) is 17.3.